The van der Waals surface area contributed by atoms with Gasteiger partial charge in [0, 0.05) is 36.9 Å². The molecule has 3 aromatic rings. The van der Waals surface area contributed by atoms with Crippen LogP contribution in [0.25, 0.3) is 0 Å². The number of nitrogens with two attached hydrogens (primary N) is 1. The Morgan fingerprint density at radius 2 is 1.84 bits per heavy atom. The van der Waals surface area contributed by atoms with E-state index in [1.54, 1.807) is 69.6 Å². The second-order valence-corrected chi connectivity index (χ2v) is 9.74. The number of primary amides is 1. The van der Waals surface area contributed by atoms with Crippen LogP contribution in [0.15, 0.2) is 55.0 Å². The van der Waals surface area contributed by atoms with Gasteiger partial charge in [0.15, 0.2) is 0 Å². The molecule has 1 aromatic carbocycles. The molecule has 38 heavy (non-hydrogen) atoms. The van der Waals surface area contributed by atoms with Gasteiger partial charge >= 0.3 is 12.1 Å². The van der Waals surface area contributed by atoms with Crippen LogP contribution in [0.2, 0.25) is 0 Å². The number of piperidine rings is 1. The Bertz CT molecular complexity index is 1270. The van der Waals surface area contributed by atoms with Gasteiger partial charge in [-0.15, -0.1) is 0 Å². The smallest absolute Gasteiger partial charge is 0.410 e. The van der Waals surface area contributed by atoms with Gasteiger partial charge in [0.25, 0.3) is 5.91 Å². The molecule has 2 aromatic heterocycles. The van der Waals surface area contributed by atoms with Crippen molar-refractivity contribution in [1.82, 2.24) is 19.9 Å². The normalized spacial score (nSPS) is 17.4. The Kier molecular flexibility index (Phi) is 7.89. The molecule has 0 aliphatic carbocycles. The number of likely N-dealkylation sites (tertiary alicyclic amines) is 1. The Morgan fingerprint density at radius 3 is 2.47 bits per heavy atom. The van der Waals surface area contributed by atoms with Gasteiger partial charge in [0.2, 0.25) is 0 Å². The van der Waals surface area contributed by atoms with Gasteiger partial charge in [0.1, 0.15) is 23.3 Å². The van der Waals surface area contributed by atoms with Gasteiger partial charge in [0.05, 0.1) is 23.8 Å². The number of pyridine rings is 1. The Hall–Kier alpha value is -4.48. The van der Waals surface area contributed by atoms with E-state index in [0.29, 0.717) is 35.9 Å². The number of carbonyl (C=O) groups excluding carboxylic acids is 2. The molecule has 0 unspecified atom stereocenters. The molecule has 11 nitrogen and oxygen atoms in total. The number of alkyl halides is 1. The number of hydrogen-bond donors (Lipinski definition) is 3. The maximum Gasteiger partial charge on any atom is 0.410 e. The maximum atomic E-state index is 15.1. The summed E-state index contributed by atoms with van der Waals surface area (Å²) in [5.74, 6) is 0.268. The van der Waals surface area contributed by atoms with Crippen molar-refractivity contribution in [2.24, 2.45) is 5.73 Å². The maximum absolute atomic E-state index is 15.1. The number of anilines is 3. The number of amides is 2. The monoisotopic (exact) mass is 523 g/mol. The van der Waals surface area contributed by atoms with Gasteiger partial charge in [-0.3, -0.25) is 4.79 Å². The number of hydrogen-bond acceptors (Lipinski definition) is 9. The highest BCUT2D eigenvalue weighted by atomic mass is 19.1. The zero-order valence-corrected chi connectivity index (χ0v) is 21.3. The number of rotatable bonds is 7. The van der Waals surface area contributed by atoms with E-state index in [9.17, 15) is 9.59 Å². The van der Waals surface area contributed by atoms with Crippen molar-refractivity contribution in [1.29, 1.82) is 0 Å². The molecular formula is C26H30FN7O4. The fraction of sp³-hybridized carbons (Fsp3) is 0.346. The molecule has 1 saturated heterocycles. The predicted octanol–water partition coefficient (Wildman–Crippen LogP) is 4.27. The summed E-state index contributed by atoms with van der Waals surface area (Å²) >= 11 is 0. The quantitative estimate of drug-likeness (QED) is 0.413. The van der Waals surface area contributed by atoms with E-state index in [2.05, 4.69) is 25.6 Å². The number of nitrogens with zero attached hydrogens (tertiary/aromatic N) is 4. The van der Waals surface area contributed by atoms with Crippen molar-refractivity contribution in [2.45, 2.75) is 45.0 Å². The summed E-state index contributed by atoms with van der Waals surface area (Å²) in [4.78, 5) is 38.0. The summed E-state index contributed by atoms with van der Waals surface area (Å²) in [6.45, 7) is 5.45. The Labute approximate surface area is 219 Å². The zero-order valence-electron chi connectivity index (χ0n) is 21.3. The summed E-state index contributed by atoms with van der Waals surface area (Å²) < 4.78 is 26.0. The van der Waals surface area contributed by atoms with Crippen LogP contribution in [-0.4, -0.2) is 62.8 Å². The van der Waals surface area contributed by atoms with Crippen LogP contribution in [0, 0.1) is 0 Å². The fourth-order valence-corrected chi connectivity index (χ4v) is 3.80. The zero-order chi connectivity index (χ0) is 27.3. The molecule has 0 spiro atoms. The Morgan fingerprint density at radius 1 is 1.13 bits per heavy atom. The highest BCUT2D eigenvalue weighted by Crippen LogP contribution is 2.27. The lowest BCUT2D eigenvalue weighted by Gasteiger charge is -2.36. The van der Waals surface area contributed by atoms with Gasteiger partial charge in [-0.25, -0.2) is 24.1 Å². The number of carbonyl (C=O) groups is 2. The third-order valence-corrected chi connectivity index (χ3v) is 5.58. The second-order valence-electron chi connectivity index (χ2n) is 9.74. The summed E-state index contributed by atoms with van der Waals surface area (Å²) in [5, 5.41) is 6.22. The van der Waals surface area contributed by atoms with E-state index >= 15 is 4.39 Å². The molecule has 4 N–H and O–H groups in total. The van der Waals surface area contributed by atoms with Crippen molar-refractivity contribution >= 4 is 29.2 Å². The van der Waals surface area contributed by atoms with Crippen molar-refractivity contribution in [3.63, 3.8) is 0 Å². The minimum atomic E-state index is -1.39. The molecule has 1 fully saturated rings. The first-order valence-corrected chi connectivity index (χ1v) is 12.1. The first kappa shape index (κ1) is 26.6. The molecule has 0 radical (unpaired) electrons. The van der Waals surface area contributed by atoms with Gasteiger partial charge in [-0.2, -0.15) is 0 Å². The molecule has 2 atom stereocenters. The van der Waals surface area contributed by atoms with Crippen LogP contribution >= 0.6 is 0 Å². The first-order valence-electron chi connectivity index (χ1n) is 12.1. The van der Waals surface area contributed by atoms with Crippen molar-refractivity contribution < 1.29 is 23.5 Å². The van der Waals surface area contributed by atoms with E-state index in [0.717, 1.165) is 0 Å². The third-order valence-electron chi connectivity index (χ3n) is 5.58. The average Bonchev–Trinajstić information content (AvgIpc) is 2.86. The molecule has 2 amide bonds. The van der Waals surface area contributed by atoms with Crippen molar-refractivity contribution in [3.8, 4) is 11.8 Å². The Balaban J connectivity index is 1.42. The topological polar surface area (TPSA) is 145 Å². The summed E-state index contributed by atoms with van der Waals surface area (Å²) in [6, 6.07) is 9.91. The van der Waals surface area contributed by atoms with Gasteiger partial charge < -0.3 is 30.7 Å². The molecular weight excluding hydrogens is 493 g/mol. The molecule has 1 aliphatic rings. The molecule has 0 saturated carbocycles. The van der Waals surface area contributed by atoms with Crippen LogP contribution in [-0.2, 0) is 4.74 Å². The first-order chi connectivity index (χ1) is 18.1. The van der Waals surface area contributed by atoms with Gasteiger partial charge in [-0.1, -0.05) is 0 Å². The molecule has 12 heteroatoms. The highest BCUT2D eigenvalue weighted by Gasteiger charge is 2.34. The summed E-state index contributed by atoms with van der Waals surface area (Å²) in [6.07, 6.45) is 2.88. The summed E-state index contributed by atoms with van der Waals surface area (Å²) in [5.41, 5.74) is 6.03. The summed E-state index contributed by atoms with van der Waals surface area (Å²) in [7, 11) is 0. The molecule has 4 rings (SSSR count). The fourth-order valence-electron chi connectivity index (χ4n) is 3.80. The number of aromatic nitrogens is 3. The predicted molar refractivity (Wildman–Crippen MR) is 139 cm³/mol. The molecule has 200 valence electrons. The van der Waals surface area contributed by atoms with Crippen LogP contribution in [0.3, 0.4) is 0 Å². The highest BCUT2D eigenvalue weighted by molar-refractivity contribution is 5.98. The van der Waals surface area contributed by atoms with Crippen LogP contribution in [0.4, 0.5) is 26.4 Å². The average molecular weight is 524 g/mol. The number of benzene rings is 1. The number of nitrogens with one attached hydrogen (secondary N) is 2. The molecule has 3 heterocycles. The number of halogens is 1. The van der Waals surface area contributed by atoms with E-state index in [-0.39, 0.29) is 18.1 Å². The van der Waals surface area contributed by atoms with Crippen LogP contribution in [0.1, 0.15) is 37.6 Å². The van der Waals surface area contributed by atoms with Crippen LogP contribution in [0.5, 0.6) is 11.8 Å². The standard InChI is InChI=1S/C26H30FN7O4/c1-26(2,3)38-25(36)34-12-9-20(19(27)15-34)33-21-13-22(31-14-18(21)23(28)35)32-16-5-7-17(8-6-16)37-24-29-10-4-11-30-24/h4-8,10-11,13-14,19-20H,9,12,15H2,1-3H3,(H2,28,35)(H2,31,32,33)/t19-,20+/m0/s1. The lowest BCUT2D eigenvalue weighted by molar-refractivity contribution is 0.0125. The van der Waals surface area contributed by atoms with E-state index in [1.807, 2.05) is 0 Å². The lowest BCUT2D eigenvalue weighted by Crippen LogP contribution is -2.51. The second kappa shape index (κ2) is 11.3. The number of ether oxygens (including phenoxy) is 2. The van der Waals surface area contributed by atoms with E-state index in [4.69, 9.17) is 15.2 Å². The molecule has 1 aliphatic heterocycles. The third kappa shape index (κ3) is 7.05. The van der Waals surface area contributed by atoms with Crippen molar-refractivity contribution in [3.05, 3.63) is 60.6 Å². The minimum absolute atomic E-state index is 0.128. The van der Waals surface area contributed by atoms with E-state index < -0.39 is 29.8 Å². The van der Waals surface area contributed by atoms with Gasteiger partial charge in [-0.05, 0) is 57.5 Å². The molecule has 0 bridgehead atoms. The minimum Gasteiger partial charge on any atom is -0.444 e. The SMILES string of the molecule is CC(C)(C)OC(=O)N1CC[C@@H](Nc2cc(Nc3ccc(Oc4ncccn4)cc3)ncc2C(N)=O)[C@@H](F)C1. The van der Waals surface area contributed by atoms with E-state index in [1.165, 1.54) is 11.1 Å². The lowest BCUT2D eigenvalue weighted by atomic mass is 10.0. The van der Waals surface area contributed by atoms with Crippen LogP contribution < -0.4 is 21.1 Å². The largest absolute Gasteiger partial charge is 0.444 e. The van der Waals surface area contributed by atoms with Crippen molar-refractivity contribution in [2.75, 3.05) is 23.7 Å².